The van der Waals surface area contributed by atoms with Crippen LogP contribution < -0.4 is 0 Å². The van der Waals surface area contributed by atoms with Gasteiger partial charge >= 0.3 is 0 Å². The van der Waals surface area contributed by atoms with E-state index in [9.17, 15) is 8.42 Å². The second-order valence-electron chi connectivity index (χ2n) is 4.12. The van der Waals surface area contributed by atoms with Gasteiger partial charge in [-0.25, -0.2) is 8.42 Å². The minimum absolute atomic E-state index is 0.00475. The van der Waals surface area contributed by atoms with Crippen molar-refractivity contribution in [3.8, 4) is 0 Å². The molecule has 0 bridgehead atoms. The smallest absolute Gasteiger partial charge is 0.150 e. The van der Waals surface area contributed by atoms with Crippen LogP contribution in [0, 0.1) is 5.92 Å². The van der Waals surface area contributed by atoms with Crippen molar-refractivity contribution in [3.63, 3.8) is 0 Å². The zero-order valence-corrected chi connectivity index (χ0v) is 10.9. The van der Waals surface area contributed by atoms with Gasteiger partial charge in [-0.3, -0.25) is 0 Å². The summed E-state index contributed by atoms with van der Waals surface area (Å²) in [6.07, 6.45) is 0.642. The van der Waals surface area contributed by atoms with E-state index in [4.69, 9.17) is 23.2 Å². The number of sulfone groups is 1. The molecule has 1 aliphatic rings. The van der Waals surface area contributed by atoms with Crippen molar-refractivity contribution >= 4 is 33.0 Å². The van der Waals surface area contributed by atoms with E-state index in [1.165, 1.54) is 0 Å². The molecule has 0 aromatic heterocycles. The van der Waals surface area contributed by atoms with E-state index in [-0.39, 0.29) is 22.8 Å². The van der Waals surface area contributed by atoms with Gasteiger partial charge in [-0.05, 0) is 30.0 Å². The summed E-state index contributed by atoms with van der Waals surface area (Å²) in [5.74, 6) is 0.444. The third kappa shape index (κ3) is 2.70. The highest BCUT2D eigenvalue weighted by atomic mass is 35.5. The van der Waals surface area contributed by atoms with E-state index >= 15 is 0 Å². The summed E-state index contributed by atoms with van der Waals surface area (Å²) < 4.78 is 22.7. The summed E-state index contributed by atoms with van der Waals surface area (Å²) in [4.78, 5) is 0. The topological polar surface area (TPSA) is 34.1 Å². The highest BCUT2D eigenvalue weighted by Gasteiger charge is 2.33. The first-order valence-corrected chi connectivity index (χ1v) is 7.71. The second kappa shape index (κ2) is 4.55. The largest absolute Gasteiger partial charge is 0.229 e. The van der Waals surface area contributed by atoms with E-state index in [1.807, 2.05) is 12.1 Å². The molecule has 2 atom stereocenters. The van der Waals surface area contributed by atoms with Crippen molar-refractivity contribution < 1.29 is 8.42 Å². The van der Waals surface area contributed by atoms with Gasteiger partial charge in [0.15, 0.2) is 9.84 Å². The summed E-state index contributed by atoms with van der Waals surface area (Å²) in [5.41, 5.74) is 0.899. The van der Waals surface area contributed by atoms with Crippen molar-refractivity contribution in [1.82, 2.24) is 0 Å². The summed E-state index contributed by atoms with van der Waals surface area (Å²) in [6.45, 7) is 0. The second-order valence-corrected chi connectivity index (χ2v) is 7.26. The van der Waals surface area contributed by atoms with Crippen LogP contribution in [-0.2, 0) is 9.84 Å². The Hall–Kier alpha value is -0.250. The van der Waals surface area contributed by atoms with Crippen LogP contribution in [-0.4, -0.2) is 19.9 Å². The molecule has 16 heavy (non-hydrogen) atoms. The van der Waals surface area contributed by atoms with Crippen LogP contribution in [0.15, 0.2) is 24.3 Å². The molecule has 0 spiro atoms. The molecule has 1 aromatic carbocycles. The predicted octanol–water partition coefficient (Wildman–Crippen LogP) is 3.05. The van der Waals surface area contributed by atoms with Crippen LogP contribution in [0.25, 0.3) is 0 Å². The van der Waals surface area contributed by atoms with E-state index in [1.54, 1.807) is 12.1 Å². The molecule has 1 aromatic rings. The SMILES string of the molecule is O=S1(=O)CCC(C(Cl)c2cccc(Cl)c2)C1. The van der Waals surface area contributed by atoms with Gasteiger partial charge < -0.3 is 0 Å². The summed E-state index contributed by atoms with van der Waals surface area (Å²) in [5, 5.41) is 0.361. The zero-order chi connectivity index (χ0) is 11.8. The molecule has 1 heterocycles. The van der Waals surface area contributed by atoms with Gasteiger partial charge in [-0.2, -0.15) is 0 Å². The Labute approximate surface area is 105 Å². The first-order valence-electron chi connectivity index (χ1n) is 5.08. The molecule has 0 amide bonds. The standard InChI is InChI=1S/C11H12Cl2O2S/c12-10-3-1-2-8(6-10)11(13)9-4-5-16(14,15)7-9/h1-3,6,9,11H,4-5,7H2. The van der Waals surface area contributed by atoms with Crippen LogP contribution in [0.3, 0.4) is 0 Å². The van der Waals surface area contributed by atoms with Crippen molar-refractivity contribution in [2.75, 3.05) is 11.5 Å². The molecule has 1 aliphatic heterocycles. The van der Waals surface area contributed by atoms with Crippen LogP contribution >= 0.6 is 23.2 Å². The molecule has 0 saturated carbocycles. The normalized spacial score (nSPS) is 25.5. The van der Waals surface area contributed by atoms with E-state index in [2.05, 4.69) is 0 Å². The number of hydrogen-bond acceptors (Lipinski definition) is 2. The molecular formula is C11H12Cl2O2S. The van der Waals surface area contributed by atoms with Crippen LogP contribution in [0.4, 0.5) is 0 Å². The number of halogens is 2. The quantitative estimate of drug-likeness (QED) is 0.780. The number of rotatable bonds is 2. The highest BCUT2D eigenvalue weighted by Crippen LogP contribution is 2.36. The highest BCUT2D eigenvalue weighted by molar-refractivity contribution is 7.91. The number of hydrogen-bond donors (Lipinski definition) is 0. The lowest BCUT2D eigenvalue weighted by Crippen LogP contribution is -2.10. The van der Waals surface area contributed by atoms with Gasteiger partial charge in [-0.15, -0.1) is 11.6 Å². The minimum atomic E-state index is -2.88. The van der Waals surface area contributed by atoms with E-state index in [0.29, 0.717) is 11.4 Å². The molecule has 5 heteroatoms. The molecule has 1 saturated heterocycles. The van der Waals surface area contributed by atoms with Gasteiger partial charge in [0.1, 0.15) is 0 Å². The van der Waals surface area contributed by atoms with Crippen molar-refractivity contribution in [3.05, 3.63) is 34.9 Å². The molecular weight excluding hydrogens is 267 g/mol. The molecule has 0 aliphatic carbocycles. The van der Waals surface area contributed by atoms with E-state index in [0.717, 1.165) is 5.56 Å². The third-order valence-electron chi connectivity index (χ3n) is 2.85. The van der Waals surface area contributed by atoms with Gasteiger partial charge in [0.2, 0.25) is 0 Å². The van der Waals surface area contributed by atoms with Crippen molar-refractivity contribution in [2.24, 2.45) is 5.92 Å². The van der Waals surface area contributed by atoms with Crippen LogP contribution in [0.1, 0.15) is 17.4 Å². The maximum absolute atomic E-state index is 11.4. The van der Waals surface area contributed by atoms with Gasteiger partial charge in [0, 0.05) is 5.02 Å². The monoisotopic (exact) mass is 278 g/mol. The summed E-state index contributed by atoms with van der Waals surface area (Å²) >= 11 is 12.2. The fraction of sp³-hybridized carbons (Fsp3) is 0.455. The van der Waals surface area contributed by atoms with Gasteiger partial charge in [0.05, 0.1) is 16.9 Å². The molecule has 2 nitrogen and oxygen atoms in total. The first kappa shape index (κ1) is 12.2. The van der Waals surface area contributed by atoms with Crippen LogP contribution in [0.2, 0.25) is 5.02 Å². The fourth-order valence-corrected chi connectivity index (χ4v) is 4.50. The maximum Gasteiger partial charge on any atom is 0.150 e. The van der Waals surface area contributed by atoms with Crippen molar-refractivity contribution in [1.29, 1.82) is 0 Å². The molecule has 1 fully saturated rings. The zero-order valence-electron chi connectivity index (χ0n) is 8.57. The lowest BCUT2D eigenvalue weighted by molar-refractivity contribution is 0.569. The Bertz CT molecular complexity index is 485. The lowest BCUT2D eigenvalue weighted by Gasteiger charge is -2.15. The fourth-order valence-electron chi connectivity index (χ4n) is 2.00. The Morgan fingerprint density at radius 2 is 2.12 bits per heavy atom. The van der Waals surface area contributed by atoms with Crippen LogP contribution in [0.5, 0.6) is 0 Å². The van der Waals surface area contributed by atoms with Gasteiger partial charge in [-0.1, -0.05) is 23.7 Å². The lowest BCUT2D eigenvalue weighted by atomic mass is 9.98. The minimum Gasteiger partial charge on any atom is -0.229 e. The Kier molecular flexibility index (Phi) is 3.48. The third-order valence-corrected chi connectivity index (χ3v) is 5.49. The average Bonchev–Trinajstić information content (AvgIpc) is 2.58. The Balaban J connectivity index is 2.17. The summed E-state index contributed by atoms with van der Waals surface area (Å²) in [6, 6.07) is 7.29. The van der Waals surface area contributed by atoms with E-state index < -0.39 is 9.84 Å². The molecule has 88 valence electrons. The maximum atomic E-state index is 11.4. The Morgan fingerprint density at radius 3 is 2.69 bits per heavy atom. The molecule has 0 radical (unpaired) electrons. The van der Waals surface area contributed by atoms with Crippen molar-refractivity contribution in [2.45, 2.75) is 11.8 Å². The molecule has 2 unspecified atom stereocenters. The van der Waals surface area contributed by atoms with Gasteiger partial charge in [0.25, 0.3) is 0 Å². The molecule has 2 rings (SSSR count). The molecule has 0 N–H and O–H groups in total. The summed E-state index contributed by atoms with van der Waals surface area (Å²) in [7, 11) is -2.88. The first-order chi connectivity index (χ1) is 7.48. The average molecular weight is 279 g/mol. The number of alkyl halides is 1. The predicted molar refractivity (Wildman–Crippen MR) is 66.8 cm³/mol. The Morgan fingerprint density at radius 1 is 1.38 bits per heavy atom. The number of benzene rings is 1.